The molecule has 0 unspecified atom stereocenters. The van der Waals surface area contributed by atoms with E-state index in [0.29, 0.717) is 42.3 Å². The number of anilines is 1. The van der Waals surface area contributed by atoms with Crippen LogP contribution in [-0.2, 0) is 4.79 Å². The van der Waals surface area contributed by atoms with Gasteiger partial charge in [-0.1, -0.05) is 19.1 Å². The van der Waals surface area contributed by atoms with Crippen LogP contribution in [0.2, 0.25) is 0 Å². The summed E-state index contributed by atoms with van der Waals surface area (Å²) in [5.74, 6) is 0.515. The number of aryl methyl sites for hydroxylation is 1. The van der Waals surface area contributed by atoms with Crippen molar-refractivity contribution in [3.8, 4) is 5.75 Å². The molecule has 0 atom stereocenters. The Morgan fingerprint density at radius 1 is 1.24 bits per heavy atom. The number of ether oxygens (including phenoxy) is 1. The SMILES string of the molecule is CCCOc1cc(C)ccc1NC(=O)CCCNC(=O)c1cccs1. The summed E-state index contributed by atoms with van der Waals surface area (Å²) in [6, 6.07) is 9.34. The van der Waals surface area contributed by atoms with Crippen LogP contribution in [0.1, 0.15) is 41.4 Å². The second-order valence-electron chi connectivity index (χ2n) is 5.73. The van der Waals surface area contributed by atoms with Crippen molar-refractivity contribution in [2.24, 2.45) is 0 Å². The van der Waals surface area contributed by atoms with Gasteiger partial charge in [-0.15, -0.1) is 11.3 Å². The smallest absolute Gasteiger partial charge is 0.261 e. The quantitative estimate of drug-likeness (QED) is 0.664. The first-order valence-electron chi connectivity index (χ1n) is 8.45. The zero-order chi connectivity index (χ0) is 18.1. The van der Waals surface area contributed by atoms with Crippen molar-refractivity contribution >= 4 is 28.8 Å². The van der Waals surface area contributed by atoms with Crippen LogP contribution < -0.4 is 15.4 Å². The molecule has 5 nitrogen and oxygen atoms in total. The summed E-state index contributed by atoms with van der Waals surface area (Å²) >= 11 is 1.40. The lowest BCUT2D eigenvalue weighted by atomic mass is 10.2. The standard InChI is InChI=1S/C19H24N2O3S/c1-3-11-24-16-13-14(2)8-9-15(16)21-18(22)7-4-10-20-19(23)17-6-5-12-25-17/h5-6,8-9,12-13H,3-4,7,10-11H2,1-2H3,(H,20,23)(H,21,22). The second-order valence-corrected chi connectivity index (χ2v) is 6.68. The van der Waals surface area contributed by atoms with E-state index in [1.807, 2.05) is 43.5 Å². The van der Waals surface area contributed by atoms with Crippen LogP contribution in [0.5, 0.6) is 5.75 Å². The highest BCUT2D eigenvalue weighted by Gasteiger charge is 2.09. The van der Waals surface area contributed by atoms with Gasteiger partial charge in [0, 0.05) is 13.0 Å². The Morgan fingerprint density at radius 3 is 2.80 bits per heavy atom. The van der Waals surface area contributed by atoms with E-state index < -0.39 is 0 Å². The predicted molar refractivity (Wildman–Crippen MR) is 101 cm³/mol. The lowest BCUT2D eigenvalue weighted by Gasteiger charge is -2.13. The average Bonchev–Trinajstić information content (AvgIpc) is 3.13. The Kier molecular flexibility index (Phi) is 7.47. The van der Waals surface area contributed by atoms with Gasteiger partial charge in [0.25, 0.3) is 5.91 Å². The number of hydrogen-bond donors (Lipinski definition) is 2. The van der Waals surface area contributed by atoms with E-state index in [4.69, 9.17) is 4.74 Å². The first-order chi connectivity index (χ1) is 12.1. The molecule has 0 saturated carbocycles. The molecular weight excluding hydrogens is 336 g/mol. The third kappa shape index (κ3) is 6.23. The number of carbonyl (C=O) groups excluding carboxylic acids is 2. The minimum atomic E-state index is -0.0933. The van der Waals surface area contributed by atoms with Crippen molar-refractivity contribution in [1.82, 2.24) is 5.32 Å². The zero-order valence-electron chi connectivity index (χ0n) is 14.6. The minimum Gasteiger partial charge on any atom is -0.491 e. The number of amides is 2. The van der Waals surface area contributed by atoms with Gasteiger partial charge in [-0.2, -0.15) is 0 Å². The molecule has 2 rings (SSSR count). The zero-order valence-corrected chi connectivity index (χ0v) is 15.4. The van der Waals surface area contributed by atoms with Gasteiger partial charge in [0.15, 0.2) is 0 Å². The summed E-state index contributed by atoms with van der Waals surface area (Å²) < 4.78 is 5.70. The molecule has 1 aromatic heterocycles. The molecule has 0 fully saturated rings. The normalized spacial score (nSPS) is 10.3. The van der Waals surface area contributed by atoms with Gasteiger partial charge >= 0.3 is 0 Å². The maximum absolute atomic E-state index is 12.1. The number of thiophene rings is 1. The van der Waals surface area contributed by atoms with E-state index in [1.165, 1.54) is 11.3 Å². The molecule has 134 valence electrons. The molecule has 2 amide bonds. The van der Waals surface area contributed by atoms with Crippen LogP contribution in [0, 0.1) is 6.92 Å². The van der Waals surface area contributed by atoms with Crippen molar-refractivity contribution in [3.63, 3.8) is 0 Å². The first kappa shape index (κ1) is 19.0. The van der Waals surface area contributed by atoms with E-state index in [1.54, 1.807) is 6.07 Å². The molecule has 6 heteroatoms. The number of benzene rings is 1. The van der Waals surface area contributed by atoms with Crippen molar-refractivity contribution < 1.29 is 14.3 Å². The molecule has 0 aliphatic heterocycles. The fourth-order valence-electron chi connectivity index (χ4n) is 2.22. The first-order valence-corrected chi connectivity index (χ1v) is 9.33. The number of hydrogen-bond acceptors (Lipinski definition) is 4. The third-order valence-electron chi connectivity index (χ3n) is 3.48. The van der Waals surface area contributed by atoms with Crippen LogP contribution in [-0.4, -0.2) is 25.0 Å². The molecule has 0 saturated heterocycles. The number of nitrogens with one attached hydrogen (secondary N) is 2. The molecule has 1 heterocycles. The maximum Gasteiger partial charge on any atom is 0.261 e. The largest absolute Gasteiger partial charge is 0.491 e. The molecular formula is C19H24N2O3S. The highest BCUT2D eigenvalue weighted by atomic mass is 32.1. The van der Waals surface area contributed by atoms with Gasteiger partial charge in [0.2, 0.25) is 5.91 Å². The van der Waals surface area contributed by atoms with Gasteiger partial charge in [-0.05, 0) is 48.9 Å². The highest BCUT2D eigenvalue weighted by molar-refractivity contribution is 7.12. The van der Waals surface area contributed by atoms with Crippen LogP contribution in [0.15, 0.2) is 35.7 Å². The van der Waals surface area contributed by atoms with Crippen LogP contribution in [0.3, 0.4) is 0 Å². The summed E-state index contributed by atoms with van der Waals surface area (Å²) in [6.45, 7) is 5.11. The van der Waals surface area contributed by atoms with Crippen LogP contribution in [0.4, 0.5) is 5.69 Å². The van der Waals surface area contributed by atoms with Crippen LogP contribution in [0.25, 0.3) is 0 Å². The topological polar surface area (TPSA) is 67.4 Å². The fraction of sp³-hybridized carbons (Fsp3) is 0.368. The summed E-state index contributed by atoms with van der Waals surface area (Å²) in [7, 11) is 0. The average molecular weight is 360 g/mol. The van der Waals surface area contributed by atoms with Gasteiger partial charge < -0.3 is 15.4 Å². The Balaban J connectivity index is 1.77. The van der Waals surface area contributed by atoms with E-state index in [0.717, 1.165) is 12.0 Å². The monoisotopic (exact) mass is 360 g/mol. The number of rotatable bonds is 9. The molecule has 2 N–H and O–H groups in total. The van der Waals surface area contributed by atoms with Crippen molar-refractivity contribution in [2.75, 3.05) is 18.5 Å². The van der Waals surface area contributed by atoms with Crippen molar-refractivity contribution in [3.05, 3.63) is 46.2 Å². The lowest BCUT2D eigenvalue weighted by Crippen LogP contribution is -2.24. The van der Waals surface area contributed by atoms with E-state index in [2.05, 4.69) is 10.6 Å². The van der Waals surface area contributed by atoms with E-state index in [-0.39, 0.29) is 11.8 Å². The van der Waals surface area contributed by atoms with Gasteiger partial charge in [-0.3, -0.25) is 9.59 Å². The molecule has 25 heavy (non-hydrogen) atoms. The second kappa shape index (κ2) is 9.84. The lowest BCUT2D eigenvalue weighted by molar-refractivity contribution is -0.116. The third-order valence-corrected chi connectivity index (χ3v) is 4.35. The summed E-state index contributed by atoms with van der Waals surface area (Å²) in [4.78, 5) is 24.6. The maximum atomic E-state index is 12.1. The summed E-state index contributed by atoms with van der Waals surface area (Å²) in [6.07, 6.45) is 1.83. The predicted octanol–water partition coefficient (Wildman–Crippen LogP) is 3.99. The Morgan fingerprint density at radius 2 is 2.08 bits per heavy atom. The minimum absolute atomic E-state index is 0.0874. The van der Waals surface area contributed by atoms with Gasteiger partial charge in [0.1, 0.15) is 5.75 Å². The summed E-state index contributed by atoms with van der Waals surface area (Å²) in [5.41, 5.74) is 1.77. The molecule has 0 aliphatic carbocycles. The van der Waals surface area contributed by atoms with E-state index in [9.17, 15) is 9.59 Å². The Hall–Kier alpha value is -2.34. The molecule has 1 aromatic carbocycles. The van der Waals surface area contributed by atoms with Crippen LogP contribution >= 0.6 is 11.3 Å². The highest BCUT2D eigenvalue weighted by Crippen LogP contribution is 2.26. The molecule has 0 bridgehead atoms. The molecule has 2 aromatic rings. The van der Waals surface area contributed by atoms with Crippen molar-refractivity contribution in [2.45, 2.75) is 33.1 Å². The van der Waals surface area contributed by atoms with Gasteiger partial charge in [0.05, 0.1) is 17.2 Å². The Bertz CT molecular complexity index is 699. The Labute approximate surface area is 152 Å². The number of carbonyl (C=O) groups is 2. The van der Waals surface area contributed by atoms with Crippen molar-refractivity contribution in [1.29, 1.82) is 0 Å². The molecule has 0 aliphatic rings. The van der Waals surface area contributed by atoms with Gasteiger partial charge in [-0.25, -0.2) is 0 Å². The summed E-state index contributed by atoms with van der Waals surface area (Å²) in [5, 5.41) is 7.57. The molecule has 0 spiro atoms. The fourth-order valence-corrected chi connectivity index (χ4v) is 2.86. The molecule has 0 radical (unpaired) electrons. The van der Waals surface area contributed by atoms with E-state index >= 15 is 0 Å².